The fourth-order valence-electron chi connectivity index (χ4n) is 3.38. The van der Waals surface area contributed by atoms with Crippen molar-refractivity contribution >= 4 is 30.8 Å². The van der Waals surface area contributed by atoms with Crippen LogP contribution in [-0.2, 0) is 18.8 Å². The Morgan fingerprint density at radius 2 is 1.04 bits per heavy atom. The van der Waals surface area contributed by atoms with E-state index in [2.05, 4.69) is 0 Å². The summed E-state index contributed by atoms with van der Waals surface area (Å²) in [5.41, 5.74) is 2.27. The molecule has 0 aromatic heterocycles. The number of hydrogen-bond donors (Lipinski definition) is 0. The van der Waals surface area contributed by atoms with Crippen LogP contribution in [0.5, 0.6) is 0 Å². The summed E-state index contributed by atoms with van der Waals surface area (Å²) in [5, 5.41) is -0.0181. The van der Waals surface area contributed by atoms with Gasteiger partial charge < -0.3 is 9.05 Å². The highest BCUT2D eigenvalue weighted by Crippen LogP contribution is 2.69. The maximum atomic E-state index is 14.0. The van der Waals surface area contributed by atoms with Crippen LogP contribution >= 0.6 is 30.8 Å². The van der Waals surface area contributed by atoms with Gasteiger partial charge in [-0.05, 0) is 41.0 Å². The van der Waals surface area contributed by atoms with Crippen LogP contribution in [0, 0.1) is 0 Å². The Morgan fingerprint density at radius 1 is 0.667 bits per heavy atom. The largest absolute Gasteiger partial charge is 0.349 e. The van der Waals surface area contributed by atoms with Crippen LogP contribution in [0.15, 0.2) is 78.9 Å². The minimum atomic E-state index is -3.70. The normalized spacial score (nSPS) is 12.1. The second kappa shape index (κ2) is 8.18. The van der Waals surface area contributed by atoms with Crippen molar-refractivity contribution in [3.05, 3.63) is 106 Å². The van der Waals surface area contributed by atoms with E-state index in [0.29, 0.717) is 10.0 Å². The Labute approximate surface area is 169 Å². The van der Waals surface area contributed by atoms with Gasteiger partial charge in [0.15, 0.2) is 0 Å². The van der Waals surface area contributed by atoms with Gasteiger partial charge >= 0.3 is 7.60 Å². The Hall–Kier alpha value is -1.61. The van der Waals surface area contributed by atoms with Gasteiger partial charge in [-0.15, -0.1) is 0 Å². The zero-order chi connectivity index (χ0) is 19.5. The van der Waals surface area contributed by atoms with Crippen LogP contribution in [0.4, 0.5) is 0 Å². The summed E-state index contributed by atoms with van der Waals surface area (Å²) in [6, 6.07) is 23.9. The predicted molar refractivity (Wildman–Crippen MR) is 111 cm³/mol. The van der Waals surface area contributed by atoms with Crippen molar-refractivity contribution in [2.45, 2.75) is 5.16 Å². The van der Waals surface area contributed by atoms with E-state index in [-0.39, 0.29) is 0 Å². The van der Waals surface area contributed by atoms with Gasteiger partial charge in [0, 0.05) is 24.3 Å². The van der Waals surface area contributed by atoms with Crippen molar-refractivity contribution in [2.24, 2.45) is 0 Å². The zero-order valence-electron chi connectivity index (χ0n) is 14.9. The minimum Gasteiger partial charge on any atom is -0.311 e. The quantitative estimate of drug-likeness (QED) is 0.326. The van der Waals surface area contributed by atoms with Gasteiger partial charge in [0.1, 0.15) is 5.16 Å². The van der Waals surface area contributed by atoms with Crippen molar-refractivity contribution in [3.8, 4) is 0 Å². The molecule has 0 amide bonds. The number of rotatable bonds is 6. The highest BCUT2D eigenvalue weighted by molar-refractivity contribution is 7.55. The fraction of sp³-hybridized carbons (Fsp3) is 0.143. The maximum absolute atomic E-state index is 14.0. The van der Waals surface area contributed by atoms with E-state index in [0.717, 1.165) is 16.7 Å². The maximum Gasteiger partial charge on any atom is 0.349 e. The van der Waals surface area contributed by atoms with E-state index in [1.807, 2.05) is 54.6 Å². The predicted octanol–water partition coefficient (Wildman–Crippen LogP) is 6.77. The molecule has 0 heterocycles. The Kier molecular flexibility index (Phi) is 6.10. The van der Waals surface area contributed by atoms with Gasteiger partial charge in [-0.1, -0.05) is 77.8 Å². The van der Waals surface area contributed by atoms with E-state index < -0.39 is 12.8 Å². The summed E-state index contributed by atoms with van der Waals surface area (Å²) in [4.78, 5) is 0. The molecular formula is C21H19Cl2O3P. The number of benzene rings is 3. The Morgan fingerprint density at radius 3 is 1.41 bits per heavy atom. The van der Waals surface area contributed by atoms with Crippen LogP contribution < -0.4 is 0 Å². The average Bonchev–Trinajstić information content (AvgIpc) is 2.71. The van der Waals surface area contributed by atoms with Crippen molar-refractivity contribution < 1.29 is 13.6 Å². The third-order valence-electron chi connectivity index (χ3n) is 4.61. The van der Waals surface area contributed by atoms with Gasteiger partial charge in [-0.2, -0.15) is 0 Å². The molecule has 3 rings (SSSR count). The molecular weight excluding hydrogens is 402 g/mol. The van der Waals surface area contributed by atoms with E-state index >= 15 is 0 Å². The van der Waals surface area contributed by atoms with Gasteiger partial charge in [0.05, 0.1) is 0 Å². The molecule has 0 bridgehead atoms. The molecule has 0 atom stereocenters. The molecule has 0 fully saturated rings. The molecule has 140 valence electrons. The monoisotopic (exact) mass is 420 g/mol. The molecule has 0 aliphatic rings. The molecule has 0 aliphatic heterocycles. The summed E-state index contributed by atoms with van der Waals surface area (Å²) < 4.78 is 25.1. The van der Waals surface area contributed by atoms with E-state index in [9.17, 15) is 4.57 Å². The summed E-state index contributed by atoms with van der Waals surface area (Å²) in [6.07, 6.45) is 0. The highest BCUT2D eigenvalue weighted by Gasteiger charge is 2.54. The summed E-state index contributed by atoms with van der Waals surface area (Å²) in [5.74, 6) is 0. The van der Waals surface area contributed by atoms with Crippen LogP contribution in [0.25, 0.3) is 0 Å². The third kappa shape index (κ3) is 3.47. The average molecular weight is 421 g/mol. The number of hydrogen-bond acceptors (Lipinski definition) is 3. The second-order valence-corrected chi connectivity index (χ2v) is 9.22. The number of halogens is 2. The Balaban J connectivity index is 2.47. The lowest BCUT2D eigenvalue weighted by atomic mass is 9.84. The minimum absolute atomic E-state index is 0.585. The zero-order valence-corrected chi connectivity index (χ0v) is 17.3. The lowest BCUT2D eigenvalue weighted by Crippen LogP contribution is -2.31. The molecule has 0 radical (unpaired) electrons. The molecule has 0 N–H and O–H groups in total. The molecule has 0 unspecified atom stereocenters. The van der Waals surface area contributed by atoms with Crippen molar-refractivity contribution in [3.63, 3.8) is 0 Å². The molecule has 3 nitrogen and oxygen atoms in total. The SMILES string of the molecule is COP(=O)(OC)C(c1ccccc1)(c1ccc(Cl)cc1)c1ccc(Cl)cc1. The van der Waals surface area contributed by atoms with Gasteiger partial charge in [-0.25, -0.2) is 0 Å². The lowest BCUT2D eigenvalue weighted by molar-refractivity contribution is 0.259. The van der Waals surface area contributed by atoms with Crippen LogP contribution in [0.3, 0.4) is 0 Å². The molecule has 0 spiro atoms. The first-order valence-corrected chi connectivity index (χ1v) is 10.6. The highest BCUT2D eigenvalue weighted by atomic mass is 35.5. The molecule has 0 saturated heterocycles. The van der Waals surface area contributed by atoms with Crippen molar-refractivity contribution in [2.75, 3.05) is 14.2 Å². The van der Waals surface area contributed by atoms with Crippen LogP contribution in [0.2, 0.25) is 10.0 Å². The molecule has 3 aromatic rings. The first kappa shape index (κ1) is 20.1. The van der Waals surface area contributed by atoms with E-state index in [4.69, 9.17) is 32.2 Å². The molecule has 6 heteroatoms. The van der Waals surface area contributed by atoms with Gasteiger partial charge in [-0.3, -0.25) is 4.57 Å². The van der Waals surface area contributed by atoms with E-state index in [1.54, 1.807) is 24.3 Å². The molecule has 3 aromatic carbocycles. The molecule has 27 heavy (non-hydrogen) atoms. The smallest absolute Gasteiger partial charge is 0.311 e. The summed E-state index contributed by atoms with van der Waals surface area (Å²) >= 11 is 12.2. The van der Waals surface area contributed by atoms with Gasteiger partial charge in [0.25, 0.3) is 0 Å². The van der Waals surface area contributed by atoms with E-state index in [1.165, 1.54) is 14.2 Å². The second-order valence-electron chi connectivity index (χ2n) is 5.95. The third-order valence-corrected chi connectivity index (χ3v) is 7.67. The first-order chi connectivity index (χ1) is 13.0. The fourth-order valence-corrected chi connectivity index (χ4v) is 5.73. The van der Waals surface area contributed by atoms with Crippen molar-refractivity contribution in [1.29, 1.82) is 0 Å². The standard InChI is InChI=1S/C21H19Cl2O3P/c1-25-27(24,26-2)21(16-6-4-3-5-7-16,17-8-12-19(22)13-9-17)18-10-14-20(23)15-11-18/h3-15H,1-2H3. The Bertz CT molecular complexity index is 888. The van der Waals surface area contributed by atoms with Gasteiger partial charge in [0.2, 0.25) is 0 Å². The summed E-state index contributed by atoms with van der Waals surface area (Å²) in [6.45, 7) is 0. The van der Waals surface area contributed by atoms with Crippen LogP contribution in [-0.4, -0.2) is 14.2 Å². The first-order valence-electron chi connectivity index (χ1n) is 8.27. The van der Waals surface area contributed by atoms with Crippen molar-refractivity contribution in [1.82, 2.24) is 0 Å². The molecule has 0 aliphatic carbocycles. The van der Waals surface area contributed by atoms with Crippen LogP contribution in [0.1, 0.15) is 16.7 Å². The molecule has 0 saturated carbocycles. The topological polar surface area (TPSA) is 35.5 Å². The lowest BCUT2D eigenvalue weighted by Gasteiger charge is -2.39. The summed E-state index contributed by atoms with van der Waals surface area (Å²) in [7, 11) is -0.911.